The molecule has 0 radical (unpaired) electrons. The van der Waals surface area contributed by atoms with Gasteiger partial charge >= 0.3 is 0 Å². The summed E-state index contributed by atoms with van der Waals surface area (Å²) in [6, 6.07) is 7.37. The van der Waals surface area contributed by atoms with E-state index in [1.165, 1.54) is 0 Å². The Morgan fingerprint density at radius 3 is 2.76 bits per heavy atom. The molecule has 0 aliphatic rings. The van der Waals surface area contributed by atoms with Crippen LogP contribution in [0.1, 0.15) is 22.1 Å². The smallest absolute Gasteiger partial charge is 0.277 e. The first-order valence-corrected chi connectivity index (χ1v) is 5.86. The summed E-state index contributed by atoms with van der Waals surface area (Å²) in [6.45, 7) is 3.43. The summed E-state index contributed by atoms with van der Waals surface area (Å²) in [6.07, 6.45) is 0. The Bertz CT molecular complexity index is 563. The molecule has 1 N–H and O–H groups in total. The lowest BCUT2D eigenvalue weighted by Gasteiger charge is -2.03. The third-order valence-corrected chi connectivity index (χ3v) is 2.69. The number of amides is 1. The molecule has 2 rings (SSSR count). The van der Waals surface area contributed by atoms with Crippen molar-refractivity contribution in [1.82, 2.24) is 4.98 Å². The van der Waals surface area contributed by atoms with Crippen molar-refractivity contribution >= 4 is 27.5 Å². The Labute approximate surface area is 107 Å². The fourth-order valence-electron chi connectivity index (χ4n) is 1.50. The Hall–Kier alpha value is -1.62. The molecule has 5 heteroatoms. The van der Waals surface area contributed by atoms with Gasteiger partial charge in [-0.25, -0.2) is 4.98 Å². The fraction of sp³-hybridized carbons (Fsp3) is 0.167. The summed E-state index contributed by atoms with van der Waals surface area (Å²) in [5.41, 5.74) is 1.03. The fourth-order valence-corrected chi connectivity index (χ4v) is 1.90. The van der Waals surface area contributed by atoms with E-state index in [0.717, 1.165) is 4.47 Å². The number of aromatic nitrogens is 1. The molecule has 0 unspecified atom stereocenters. The Kier molecular flexibility index (Phi) is 3.28. The minimum absolute atomic E-state index is 0.266. The van der Waals surface area contributed by atoms with Crippen LogP contribution in [0, 0.1) is 13.8 Å². The lowest BCUT2D eigenvalue weighted by atomic mass is 10.3. The van der Waals surface area contributed by atoms with E-state index in [1.54, 1.807) is 13.8 Å². The number of carbonyl (C=O) groups excluding carboxylic acids is 1. The predicted octanol–water partition coefficient (Wildman–Crippen LogP) is 3.31. The topological polar surface area (TPSA) is 55.1 Å². The van der Waals surface area contributed by atoms with Crippen molar-refractivity contribution in [1.29, 1.82) is 0 Å². The number of oxazole rings is 1. The number of aryl methyl sites for hydroxylation is 2. The van der Waals surface area contributed by atoms with Crippen LogP contribution >= 0.6 is 15.9 Å². The van der Waals surface area contributed by atoms with Gasteiger partial charge in [0.25, 0.3) is 5.91 Å². The third kappa shape index (κ3) is 2.74. The van der Waals surface area contributed by atoms with Crippen LogP contribution in [0.15, 0.2) is 33.2 Å². The number of halogens is 1. The first-order chi connectivity index (χ1) is 8.06. The molecular formula is C12H11BrN2O2. The molecule has 0 saturated heterocycles. The highest BCUT2D eigenvalue weighted by Crippen LogP contribution is 2.17. The zero-order chi connectivity index (χ0) is 12.4. The van der Waals surface area contributed by atoms with Gasteiger partial charge in [-0.3, -0.25) is 4.79 Å². The van der Waals surface area contributed by atoms with Gasteiger partial charge in [-0.2, -0.15) is 0 Å². The van der Waals surface area contributed by atoms with Crippen LogP contribution < -0.4 is 5.32 Å². The maximum atomic E-state index is 11.9. The number of carbonyl (C=O) groups is 1. The van der Waals surface area contributed by atoms with Gasteiger partial charge in [0.05, 0.1) is 0 Å². The normalized spacial score (nSPS) is 10.3. The van der Waals surface area contributed by atoms with Gasteiger partial charge in [0.15, 0.2) is 11.6 Å². The van der Waals surface area contributed by atoms with Crippen LogP contribution in [0.3, 0.4) is 0 Å². The monoisotopic (exact) mass is 294 g/mol. The van der Waals surface area contributed by atoms with Crippen molar-refractivity contribution in [2.45, 2.75) is 13.8 Å². The zero-order valence-corrected chi connectivity index (χ0v) is 11.0. The van der Waals surface area contributed by atoms with E-state index >= 15 is 0 Å². The molecule has 0 bridgehead atoms. The second-order valence-electron chi connectivity index (χ2n) is 3.60. The summed E-state index contributed by atoms with van der Waals surface area (Å²) in [4.78, 5) is 15.9. The minimum Gasteiger partial charge on any atom is -0.445 e. The molecule has 4 nitrogen and oxygen atoms in total. The van der Waals surface area contributed by atoms with E-state index in [4.69, 9.17) is 4.42 Å². The third-order valence-electron chi connectivity index (χ3n) is 2.20. The summed E-state index contributed by atoms with van der Waals surface area (Å²) in [5.74, 6) is 0.745. The van der Waals surface area contributed by atoms with Gasteiger partial charge in [0.1, 0.15) is 5.76 Å². The van der Waals surface area contributed by atoms with Gasteiger partial charge in [-0.15, -0.1) is 0 Å². The molecule has 2 aromatic rings. The molecular weight excluding hydrogens is 284 g/mol. The van der Waals surface area contributed by atoms with Crippen LogP contribution in [0.5, 0.6) is 0 Å². The molecule has 0 aliphatic heterocycles. The minimum atomic E-state index is -0.266. The second-order valence-corrected chi connectivity index (χ2v) is 4.52. The molecule has 0 spiro atoms. The van der Waals surface area contributed by atoms with E-state index in [0.29, 0.717) is 23.0 Å². The molecule has 0 atom stereocenters. The number of nitrogens with one attached hydrogen (secondary N) is 1. The summed E-state index contributed by atoms with van der Waals surface area (Å²) < 4.78 is 6.12. The number of rotatable bonds is 2. The highest BCUT2D eigenvalue weighted by atomic mass is 79.9. The van der Waals surface area contributed by atoms with Crippen molar-refractivity contribution in [2.24, 2.45) is 0 Å². The van der Waals surface area contributed by atoms with Gasteiger partial charge in [-0.1, -0.05) is 22.0 Å². The summed E-state index contributed by atoms with van der Waals surface area (Å²) in [5, 5.41) is 2.76. The highest BCUT2D eigenvalue weighted by Gasteiger charge is 2.15. The van der Waals surface area contributed by atoms with E-state index in [-0.39, 0.29) is 5.91 Å². The number of hydrogen-bond donors (Lipinski definition) is 1. The first kappa shape index (κ1) is 11.9. The molecule has 1 aromatic carbocycles. The molecule has 0 saturated carbocycles. The van der Waals surface area contributed by atoms with E-state index in [9.17, 15) is 4.79 Å². The maximum Gasteiger partial charge on any atom is 0.277 e. The molecule has 88 valence electrons. The average Bonchev–Trinajstić information content (AvgIpc) is 2.58. The zero-order valence-electron chi connectivity index (χ0n) is 9.45. The van der Waals surface area contributed by atoms with Crippen molar-refractivity contribution in [3.05, 3.63) is 46.1 Å². The number of nitrogens with zero attached hydrogens (tertiary/aromatic N) is 1. The predicted molar refractivity (Wildman–Crippen MR) is 68.1 cm³/mol. The molecule has 17 heavy (non-hydrogen) atoms. The SMILES string of the molecule is Cc1nc(C(=O)Nc2cccc(Br)c2)c(C)o1. The van der Waals surface area contributed by atoms with E-state index < -0.39 is 0 Å². The molecule has 1 heterocycles. The average molecular weight is 295 g/mol. The van der Waals surface area contributed by atoms with Crippen LogP contribution in [0.25, 0.3) is 0 Å². The van der Waals surface area contributed by atoms with Crippen molar-refractivity contribution in [3.8, 4) is 0 Å². The lowest BCUT2D eigenvalue weighted by Crippen LogP contribution is -2.13. The Balaban J connectivity index is 2.20. The molecule has 0 aliphatic carbocycles. The van der Waals surface area contributed by atoms with E-state index in [1.807, 2.05) is 24.3 Å². The Morgan fingerprint density at radius 2 is 2.18 bits per heavy atom. The van der Waals surface area contributed by atoms with Gasteiger partial charge in [0.2, 0.25) is 0 Å². The standard InChI is InChI=1S/C12H11BrN2O2/c1-7-11(14-8(2)17-7)12(16)15-10-5-3-4-9(13)6-10/h3-6H,1-2H3,(H,15,16). The molecule has 1 aromatic heterocycles. The largest absolute Gasteiger partial charge is 0.445 e. The van der Waals surface area contributed by atoms with Gasteiger partial charge < -0.3 is 9.73 Å². The number of hydrogen-bond acceptors (Lipinski definition) is 3. The number of benzene rings is 1. The number of anilines is 1. The first-order valence-electron chi connectivity index (χ1n) is 5.07. The van der Waals surface area contributed by atoms with Crippen LogP contribution in [-0.2, 0) is 0 Å². The van der Waals surface area contributed by atoms with Crippen molar-refractivity contribution in [2.75, 3.05) is 5.32 Å². The van der Waals surface area contributed by atoms with Crippen LogP contribution in [-0.4, -0.2) is 10.9 Å². The quantitative estimate of drug-likeness (QED) is 0.924. The summed E-state index contributed by atoms with van der Waals surface area (Å²) in [7, 11) is 0. The highest BCUT2D eigenvalue weighted by molar-refractivity contribution is 9.10. The van der Waals surface area contributed by atoms with Crippen molar-refractivity contribution < 1.29 is 9.21 Å². The molecule has 0 fully saturated rings. The Morgan fingerprint density at radius 1 is 1.41 bits per heavy atom. The lowest BCUT2D eigenvalue weighted by molar-refractivity contribution is 0.102. The molecule has 1 amide bonds. The second kappa shape index (κ2) is 4.71. The van der Waals surface area contributed by atoms with Gasteiger partial charge in [-0.05, 0) is 25.1 Å². The van der Waals surface area contributed by atoms with Crippen LogP contribution in [0.2, 0.25) is 0 Å². The summed E-state index contributed by atoms with van der Waals surface area (Å²) >= 11 is 3.34. The van der Waals surface area contributed by atoms with E-state index in [2.05, 4.69) is 26.2 Å². The maximum absolute atomic E-state index is 11.9. The van der Waals surface area contributed by atoms with Crippen LogP contribution in [0.4, 0.5) is 5.69 Å². The van der Waals surface area contributed by atoms with Crippen molar-refractivity contribution in [3.63, 3.8) is 0 Å². The van der Waals surface area contributed by atoms with Gasteiger partial charge in [0, 0.05) is 17.1 Å².